The summed E-state index contributed by atoms with van der Waals surface area (Å²) in [5.41, 5.74) is 2.29. The van der Waals surface area contributed by atoms with Gasteiger partial charge in [0.2, 0.25) is 0 Å². The minimum Gasteiger partial charge on any atom is -0.390 e. The first-order valence-electron chi connectivity index (χ1n) is 8.05. The topological polar surface area (TPSA) is 86.3 Å². The Morgan fingerprint density at radius 1 is 1.33 bits per heavy atom. The van der Waals surface area contributed by atoms with Gasteiger partial charge in [-0.05, 0) is 49.6 Å². The maximum absolute atomic E-state index is 12.0. The molecule has 2 amide bonds. The molecule has 1 saturated heterocycles. The van der Waals surface area contributed by atoms with Gasteiger partial charge >= 0.3 is 6.03 Å². The Hall–Kier alpha value is -2.44. The lowest BCUT2D eigenvalue weighted by atomic mass is 9.81. The van der Waals surface area contributed by atoms with Crippen molar-refractivity contribution in [2.24, 2.45) is 0 Å². The van der Waals surface area contributed by atoms with E-state index in [0.717, 1.165) is 24.1 Å². The molecule has 1 aliphatic rings. The number of urea groups is 1. The number of nitrogens with one attached hydrogen (secondary N) is 3. The quantitative estimate of drug-likeness (QED) is 0.679. The van der Waals surface area contributed by atoms with E-state index in [1.807, 2.05) is 31.2 Å². The van der Waals surface area contributed by atoms with Crippen molar-refractivity contribution in [3.8, 4) is 0 Å². The number of benzene rings is 1. The molecule has 1 aliphatic heterocycles. The molecule has 0 saturated carbocycles. The number of carbonyl (C=O) groups excluding carboxylic acids is 1. The molecule has 6 heteroatoms. The number of anilines is 2. The number of nitrogens with zero attached hydrogens (tertiary/aromatic N) is 1. The summed E-state index contributed by atoms with van der Waals surface area (Å²) in [6, 6.07) is 11.0. The summed E-state index contributed by atoms with van der Waals surface area (Å²) in [7, 11) is 0. The van der Waals surface area contributed by atoms with Gasteiger partial charge in [0.1, 0.15) is 0 Å². The second-order valence-electron chi connectivity index (χ2n) is 6.34. The van der Waals surface area contributed by atoms with E-state index in [1.165, 1.54) is 0 Å². The van der Waals surface area contributed by atoms with Crippen LogP contribution in [0.3, 0.4) is 0 Å². The molecule has 4 N–H and O–H groups in total. The van der Waals surface area contributed by atoms with E-state index in [4.69, 9.17) is 0 Å². The number of amides is 2. The van der Waals surface area contributed by atoms with E-state index >= 15 is 0 Å². The van der Waals surface area contributed by atoms with Crippen LogP contribution in [0.1, 0.15) is 18.9 Å². The summed E-state index contributed by atoms with van der Waals surface area (Å²) in [6.45, 7) is 2.69. The molecule has 3 rings (SSSR count). The number of hydrogen-bond donors (Lipinski definition) is 4. The van der Waals surface area contributed by atoms with Gasteiger partial charge in [-0.1, -0.05) is 12.1 Å². The number of hydrogen-bond acceptors (Lipinski definition) is 4. The van der Waals surface area contributed by atoms with Crippen LogP contribution in [0.15, 0.2) is 48.8 Å². The number of pyridine rings is 1. The normalized spacial score (nSPS) is 22.5. The second-order valence-corrected chi connectivity index (χ2v) is 6.34. The number of aliphatic hydroxyl groups is 1. The Kier molecular flexibility index (Phi) is 4.78. The fourth-order valence-electron chi connectivity index (χ4n) is 2.74. The molecular formula is C18H22N4O2. The summed E-state index contributed by atoms with van der Waals surface area (Å²) in [5, 5.41) is 18.7. The van der Waals surface area contributed by atoms with Crippen molar-refractivity contribution in [2.75, 3.05) is 17.2 Å². The molecule has 24 heavy (non-hydrogen) atoms. The van der Waals surface area contributed by atoms with Gasteiger partial charge < -0.3 is 21.1 Å². The Morgan fingerprint density at radius 3 is 2.79 bits per heavy atom. The number of aryl methyl sites for hydroxylation is 1. The van der Waals surface area contributed by atoms with E-state index in [1.54, 1.807) is 24.5 Å². The molecule has 0 radical (unpaired) electrons. The highest BCUT2D eigenvalue weighted by molar-refractivity contribution is 5.99. The van der Waals surface area contributed by atoms with E-state index < -0.39 is 0 Å². The van der Waals surface area contributed by atoms with Crippen LogP contribution in [-0.2, 0) is 6.42 Å². The standard InChI is InChI=1S/C18H22N4O2/c1-18(16(23)12-20-18)8-7-13-4-2-5-14(10-13)21-17(24)22-15-6-3-9-19-11-15/h2-6,9-11,16,20,23H,7-8,12H2,1H3,(H2,21,22,24)/t16-,18+/m0/s1. The molecule has 0 bridgehead atoms. The SMILES string of the molecule is C[C@]1(CCc2cccc(NC(=O)Nc3cccnc3)c2)NC[C@@H]1O. The van der Waals surface area contributed by atoms with E-state index in [0.29, 0.717) is 12.2 Å². The van der Waals surface area contributed by atoms with Gasteiger partial charge in [0.15, 0.2) is 0 Å². The van der Waals surface area contributed by atoms with Crippen molar-refractivity contribution in [3.05, 3.63) is 54.4 Å². The first-order valence-corrected chi connectivity index (χ1v) is 8.05. The van der Waals surface area contributed by atoms with Crippen LogP contribution in [0.25, 0.3) is 0 Å². The summed E-state index contributed by atoms with van der Waals surface area (Å²) in [6.07, 6.45) is 4.64. The van der Waals surface area contributed by atoms with Gasteiger partial charge in [0.05, 0.1) is 18.0 Å². The van der Waals surface area contributed by atoms with Crippen molar-refractivity contribution in [3.63, 3.8) is 0 Å². The highest BCUT2D eigenvalue weighted by atomic mass is 16.3. The van der Waals surface area contributed by atoms with Gasteiger partial charge in [0, 0.05) is 24.0 Å². The van der Waals surface area contributed by atoms with Gasteiger partial charge in [-0.2, -0.15) is 0 Å². The van der Waals surface area contributed by atoms with Crippen molar-refractivity contribution >= 4 is 17.4 Å². The highest BCUT2D eigenvalue weighted by Gasteiger charge is 2.40. The van der Waals surface area contributed by atoms with Gasteiger partial charge in [-0.25, -0.2) is 4.79 Å². The minimum atomic E-state index is -0.303. The zero-order valence-corrected chi connectivity index (χ0v) is 13.6. The smallest absolute Gasteiger partial charge is 0.323 e. The van der Waals surface area contributed by atoms with Crippen LogP contribution in [0.4, 0.5) is 16.2 Å². The number of β-amino-alcohol motifs (C(OH)–C–C–N with tert-alkyl or cyclic N) is 1. The predicted molar refractivity (Wildman–Crippen MR) is 94.1 cm³/mol. The molecular weight excluding hydrogens is 304 g/mol. The van der Waals surface area contributed by atoms with Gasteiger partial charge in [-0.15, -0.1) is 0 Å². The van der Waals surface area contributed by atoms with Crippen LogP contribution in [-0.4, -0.2) is 34.3 Å². The molecule has 2 aromatic rings. The highest BCUT2D eigenvalue weighted by Crippen LogP contribution is 2.25. The van der Waals surface area contributed by atoms with Crippen molar-refractivity contribution in [2.45, 2.75) is 31.4 Å². The van der Waals surface area contributed by atoms with E-state index in [2.05, 4.69) is 20.9 Å². The minimum absolute atomic E-state index is 0.207. The molecule has 0 spiro atoms. The second kappa shape index (κ2) is 6.98. The number of rotatable bonds is 5. The van der Waals surface area contributed by atoms with Crippen LogP contribution >= 0.6 is 0 Å². The Labute approximate surface area is 141 Å². The van der Waals surface area contributed by atoms with Crippen molar-refractivity contribution in [1.29, 1.82) is 0 Å². The van der Waals surface area contributed by atoms with Crippen molar-refractivity contribution < 1.29 is 9.90 Å². The molecule has 0 unspecified atom stereocenters. The molecule has 1 aromatic heterocycles. The van der Waals surface area contributed by atoms with Gasteiger partial charge in [-0.3, -0.25) is 4.98 Å². The number of aromatic nitrogens is 1. The molecule has 2 heterocycles. The third kappa shape index (κ3) is 3.90. The van der Waals surface area contributed by atoms with Crippen molar-refractivity contribution in [1.82, 2.24) is 10.3 Å². The maximum atomic E-state index is 12.0. The first kappa shape index (κ1) is 16.4. The molecule has 126 valence electrons. The number of carbonyl (C=O) groups is 1. The zero-order chi connectivity index (χ0) is 17.0. The largest absolute Gasteiger partial charge is 0.390 e. The third-order valence-corrected chi connectivity index (χ3v) is 4.47. The Morgan fingerprint density at radius 2 is 2.12 bits per heavy atom. The third-order valence-electron chi connectivity index (χ3n) is 4.47. The summed E-state index contributed by atoms with van der Waals surface area (Å²) in [5.74, 6) is 0. The fraction of sp³-hybridized carbons (Fsp3) is 0.333. The average molecular weight is 326 g/mol. The molecule has 1 fully saturated rings. The molecule has 0 aliphatic carbocycles. The lowest BCUT2D eigenvalue weighted by Crippen LogP contribution is -2.67. The van der Waals surface area contributed by atoms with E-state index in [9.17, 15) is 9.90 Å². The average Bonchev–Trinajstić information content (AvgIpc) is 2.59. The van der Waals surface area contributed by atoms with Crippen LogP contribution in [0.2, 0.25) is 0 Å². The first-order chi connectivity index (χ1) is 11.5. The Balaban J connectivity index is 1.56. The number of aliphatic hydroxyl groups excluding tert-OH is 1. The van der Waals surface area contributed by atoms with Crippen LogP contribution < -0.4 is 16.0 Å². The summed E-state index contributed by atoms with van der Waals surface area (Å²) >= 11 is 0. The Bertz CT molecular complexity index is 707. The monoisotopic (exact) mass is 326 g/mol. The predicted octanol–water partition coefficient (Wildman–Crippen LogP) is 2.38. The lowest BCUT2D eigenvalue weighted by Gasteiger charge is -2.45. The van der Waals surface area contributed by atoms with Gasteiger partial charge in [0.25, 0.3) is 0 Å². The summed E-state index contributed by atoms with van der Waals surface area (Å²) < 4.78 is 0. The molecule has 2 atom stereocenters. The fourth-order valence-corrected chi connectivity index (χ4v) is 2.74. The summed E-state index contributed by atoms with van der Waals surface area (Å²) in [4.78, 5) is 16.0. The zero-order valence-electron chi connectivity index (χ0n) is 13.6. The maximum Gasteiger partial charge on any atom is 0.323 e. The molecule has 6 nitrogen and oxygen atoms in total. The molecule has 1 aromatic carbocycles. The van der Waals surface area contributed by atoms with Crippen LogP contribution in [0.5, 0.6) is 0 Å². The van der Waals surface area contributed by atoms with Crippen LogP contribution in [0, 0.1) is 0 Å². The van der Waals surface area contributed by atoms with E-state index in [-0.39, 0.29) is 17.7 Å². The lowest BCUT2D eigenvalue weighted by molar-refractivity contribution is -0.00709.